The zero-order chi connectivity index (χ0) is 12.0. The Labute approximate surface area is 107 Å². The first kappa shape index (κ1) is 13.5. The molecule has 0 saturated heterocycles. The predicted octanol–water partition coefficient (Wildman–Crippen LogP) is 4.69. The Hall–Kier alpha value is -0.530. The van der Waals surface area contributed by atoms with Gasteiger partial charge in [0.05, 0.1) is 0 Å². The van der Waals surface area contributed by atoms with Gasteiger partial charge in [-0.15, -0.1) is 0 Å². The second-order valence-electron chi connectivity index (χ2n) is 3.87. The first-order valence-corrected chi connectivity index (χ1v) is 6.35. The average molecular weight is 259 g/mol. The first-order valence-electron chi connectivity index (χ1n) is 5.59. The summed E-state index contributed by atoms with van der Waals surface area (Å²) >= 11 is 12.0. The maximum atomic E-state index is 11.7. The molecule has 0 amide bonds. The number of hydrogen-bond acceptors (Lipinski definition) is 1. The average Bonchev–Trinajstić information content (AvgIpc) is 2.24. The van der Waals surface area contributed by atoms with Gasteiger partial charge in [0.2, 0.25) is 0 Å². The third-order valence-corrected chi connectivity index (χ3v) is 3.20. The maximum absolute atomic E-state index is 11.7. The second-order valence-corrected chi connectivity index (χ2v) is 4.69. The largest absolute Gasteiger partial charge is 0.299 e. The molecule has 88 valence electrons. The van der Waals surface area contributed by atoms with Crippen LogP contribution in [0.25, 0.3) is 0 Å². The number of halogens is 2. The lowest BCUT2D eigenvalue weighted by Gasteiger charge is -2.05. The van der Waals surface area contributed by atoms with Crippen molar-refractivity contribution in [2.24, 2.45) is 0 Å². The standard InChI is InChI=1S/C13H16Cl2O/c1-2-3-4-6-10(16)9-11-12(14)7-5-8-13(11)15/h5,7-8H,2-4,6,9H2,1H3. The van der Waals surface area contributed by atoms with Crippen LogP contribution in [-0.2, 0) is 11.2 Å². The molecular formula is C13H16Cl2O. The van der Waals surface area contributed by atoms with Crippen molar-refractivity contribution in [2.45, 2.75) is 39.0 Å². The fourth-order valence-corrected chi connectivity index (χ4v) is 2.09. The molecule has 0 spiro atoms. The van der Waals surface area contributed by atoms with Crippen molar-refractivity contribution in [3.8, 4) is 0 Å². The van der Waals surface area contributed by atoms with E-state index in [0.29, 0.717) is 22.9 Å². The molecule has 0 heterocycles. The van der Waals surface area contributed by atoms with Crippen LogP contribution in [0.5, 0.6) is 0 Å². The van der Waals surface area contributed by atoms with E-state index in [-0.39, 0.29) is 5.78 Å². The predicted molar refractivity (Wildman–Crippen MR) is 69.3 cm³/mol. The highest BCUT2D eigenvalue weighted by molar-refractivity contribution is 6.36. The summed E-state index contributed by atoms with van der Waals surface area (Å²) in [5, 5.41) is 1.16. The lowest BCUT2D eigenvalue weighted by molar-refractivity contribution is -0.118. The molecule has 0 unspecified atom stereocenters. The number of carbonyl (C=O) groups is 1. The molecule has 0 aromatic heterocycles. The number of rotatable bonds is 6. The molecule has 0 aliphatic heterocycles. The number of Topliss-reactive ketones (excluding diaryl/α,β-unsaturated/α-hetero) is 1. The van der Waals surface area contributed by atoms with Gasteiger partial charge in [-0.2, -0.15) is 0 Å². The van der Waals surface area contributed by atoms with Gasteiger partial charge in [0.15, 0.2) is 0 Å². The molecule has 1 nitrogen and oxygen atoms in total. The molecule has 0 aliphatic rings. The van der Waals surface area contributed by atoms with Crippen molar-refractivity contribution in [1.29, 1.82) is 0 Å². The van der Waals surface area contributed by atoms with Crippen LogP contribution in [0, 0.1) is 0 Å². The van der Waals surface area contributed by atoms with Gasteiger partial charge in [0.25, 0.3) is 0 Å². The van der Waals surface area contributed by atoms with Crippen LogP contribution >= 0.6 is 23.2 Å². The van der Waals surface area contributed by atoms with E-state index < -0.39 is 0 Å². The van der Waals surface area contributed by atoms with Gasteiger partial charge in [0.1, 0.15) is 5.78 Å². The summed E-state index contributed by atoms with van der Waals surface area (Å²) in [5.74, 6) is 0.212. The highest BCUT2D eigenvalue weighted by Gasteiger charge is 2.10. The van der Waals surface area contributed by atoms with E-state index in [1.807, 2.05) is 0 Å². The fourth-order valence-electron chi connectivity index (χ4n) is 1.56. The van der Waals surface area contributed by atoms with E-state index in [2.05, 4.69) is 6.92 Å². The van der Waals surface area contributed by atoms with Gasteiger partial charge in [-0.3, -0.25) is 4.79 Å². The smallest absolute Gasteiger partial charge is 0.137 e. The Morgan fingerprint density at radius 1 is 1.19 bits per heavy atom. The van der Waals surface area contributed by atoms with E-state index in [1.54, 1.807) is 18.2 Å². The van der Waals surface area contributed by atoms with Gasteiger partial charge < -0.3 is 0 Å². The summed E-state index contributed by atoms with van der Waals surface area (Å²) < 4.78 is 0. The Kier molecular flexibility index (Phi) is 5.86. The van der Waals surface area contributed by atoms with Crippen LogP contribution in [0.4, 0.5) is 0 Å². The summed E-state index contributed by atoms with van der Waals surface area (Å²) in [6.07, 6.45) is 4.15. The lowest BCUT2D eigenvalue weighted by Crippen LogP contribution is -2.03. The quantitative estimate of drug-likeness (QED) is 0.677. The van der Waals surface area contributed by atoms with E-state index in [9.17, 15) is 4.79 Å². The number of ketones is 1. The molecule has 1 aromatic carbocycles. The van der Waals surface area contributed by atoms with Gasteiger partial charge >= 0.3 is 0 Å². The van der Waals surface area contributed by atoms with E-state index >= 15 is 0 Å². The van der Waals surface area contributed by atoms with Crippen LogP contribution in [-0.4, -0.2) is 5.78 Å². The normalized spacial score (nSPS) is 10.4. The van der Waals surface area contributed by atoms with Crippen molar-refractivity contribution in [2.75, 3.05) is 0 Å². The summed E-state index contributed by atoms with van der Waals surface area (Å²) in [6, 6.07) is 5.32. The maximum Gasteiger partial charge on any atom is 0.137 e. The molecule has 0 saturated carbocycles. The zero-order valence-electron chi connectivity index (χ0n) is 9.43. The van der Waals surface area contributed by atoms with Crippen molar-refractivity contribution < 1.29 is 4.79 Å². The molecule has 0 N–H and O–H groups in total. The highest BCUT2D eigenvalue weighted by atomic mass is 35.5. The summed E-state index contributed by atoms with van der Waals surface area (Å²) in [5.41, 5.74) is 0.757. The minimum absolute atomic E-state index is 0.212. The van der Waals surface area contributed by atoms with E-state index in [0.717, 1.165) is 24.8 Å². The molecule has 0 bridgehead atoms. The van der Waals surface area contributed by atoms with Gasteiger partial charge in [-0.1, -0.05) is 49.0 Å². The molecule has 0 atom stereocenters. The molecule has 3 heteroatoms. The Bertz CT molecular complexity index is 341. The second kappa shape index (κ2) is 6.93. The summed E-state index contributed by atoms with van der Waals surface area (Å²) in [4.78, 5) is 11.7. The van der Waals surface area contributed by atoms with Gasteiger partial charge in [-0.25, -0.2) is 0 Å². The summed E-state index contributed by atoms with van der Waals surface area (Å²) in [7, 11) is 0. The van der Waals surface area contributed by atoms with Crippen LogP contribution in [0.1, 0.15) is 38.2 Å². The SMILES string of the molecule is CCCCCC(=O)Cc1c(Cl)cccc1Cl. The highest BCUT2D eigenvalue weighted by Crippen LogP contribution is 2.25. The van der Waals surface area contributed by atoms with Gasteiger partial charge in [0, 0.05) is 22.9 Å². The molecule has 0 aliphatic carbocycles. The number of carbonyl (C=O) groups excluding carboxylic acids is 1. The van der Waals surface area contributed by atoms with Crippen LogP contribution in [0.2, 0.25) is 10.0 Å². The van der Waals surface area contributed by atoms with Crippen molar-refractivity contribution in [1.82, 2.24) is 0 Å². The topological polar surface area (TPSA) is 17.1 Å². The minimum Gasteiger partial charge on any atom is -0.299 e. The third kappa shape index (κ3) is 4.15. The number of hydrogen-bond donors (Lipinski definition) is 0. The first-order chi connectivity index (χ1) is 7.65. The molecule has 1 aromatic rings. The van der Waals surface area contributed by atoms with Gasteiger partial charge in [-0.05, 0) is 24.1 Å². The van der Waals surface area contributed by atoms with Crippen LogP contribution in [0.15, 0.2) is 18.2 Å². The molecule has 0 radical (unpaired) electrons. The lowest BCUT2D eigenvalue weighted by atomic mass is 10.0. The molecule has 1 rings (SSSR count). The zero-order valence-corrected chi connectivity index (χ0v) is 10.9. The van der Waals surface area contributed by atoms with Crippen molar-refractivity contribution in [3.05, 3.63) is 33.8 Å². The monoisotopic (exact) mass is 258 g/mol. The van der Waals surface area contributed by atoms with E-state index in [4.69, 9.17) is 23.2 Å². The minimum atomic E-state index is 0.212. The van der Waals surface area contributed by atoms with Crippen LogP contribution in [0.3, 0.4) is 0 Å². The third-order valence-electron chi connectivity index (χ3n) is 2.49. The Morgan fingerprint density at radius 2 is 1.81 bits per heavy atom. The summed E-state index contributed by atoms with van der Waals surface area (Å²) in [6.45, 7) is 2.12. The number of unbranched alkanes of at least 4 members (excludes halogenated alkanes) is 2. The molecule has 16 heavy (non-hydrogen) atoms. The Balaban J connectivity index is 2.56. The van der Waals surface area contributed by atoms with Crippen molar-refractivity contribution >= 4 is 29.0 Å². The molecule has 0 fully saturated rings. The van der Waals surface area contributed by atoms with Crippen molar-refractivity contribution in [3.63, 3.8) is 0 Å². The Morgan fingerprint density at radius 3 is 2.38 bits per heavy atom. The fraction of sp³-hybridized carbons (Fsp3) is 0.462. The number of benzene rings is 1. The molecular weight excluding hydrogens is 243 g/mol. The van der Waals surface area contributed by atoms with Crippen LogP contribution < -0.4 is 0 Å². The van der Waals surface area contributed by atoms with E-state index in [1.165, 1.54) is 0 Å².